The van der Waals surface area contributed by atoms with Gasteiger partial charge >= 0.3 is 0 Å². The van der Waals surface area contributed by atoms with Crippen molar-refractivity contribution in [3.63, 3.8) is 0 Å². The minimum atomic E-state index is -0.554. The average molecular weight is 293 g/mol. The lowest BCUT2D eigenvalue weighted by Crippen LogP contribution is -2.43. The molecule has 1 fully saturated rings. The molecule has 0 bridgehead atoms. The monoisotopic (exact) mass is 293 g/mol. The van der Waals surface area contributed by atoms with Gasteiger partial charge in [0.05, 0.1) is 13.7 Å². The van der Waals surface area contributed by atoms with Gasteiger partial charge in [0.15, 0.2) is 6.10 Å². The third-order valence-corrected chi connectivity index (χ3v) is 3.76. The summed E-state index contributed by atoms with van der Waals surface area (Å²) in [5, 5.41) is 9.41. The number of hydrogen-bond donors (Lipinski definition) is 1. The maximum absolute atomic E-state index is 12.3. The van der Waals surface area contributed by atoms with Gasteiger partial charge in [-0.3, -0.25) is 4.79 Å². The van der Waals surface area contributed by atoms with Gasteiger partial charge in [-0.05, 0) is 44.4 Å². The van der Waals surface area contributed by atoms with Crippen molar-refractivity contribution in [2.75, 3.05) is 20.2 Å². The van der Waals surface area contributed by atoms with Gasteiger partial charge in [0.2, 0.25) is 0 Å². The van der Waals surface area contributed by atoms with E-state index in [-0.39, 0.29) is 12.5 Å². The molecule has 1 unspecified atom stereocenters. The number of ether oxygens (including phenoxy) is 2. The predicted octanol–water partition coefficient (Wildman–Crippen LogP) is 1.97. The normalized spacial score (nSPS) is 16.4. The number of rotatable bonds is 5. The summed E-state index contributed by atoms with van der Waals surface area (Å²) < 4.78 is 10.9. The minimum absolute atomic E-state index is 0.00871. The molecule has 0 spiro atoms. The second kappa shape index (κ2) is 7.31. The standard InChI is InChI=1S/C16H23NO4/c1-12(16(19)17-8-4-3-5-9-17)21-15-7-6-14(20-2)10-13(15)11-18/h6-7,10,12,18H,3-5,8-9,11H2,1-2H3. The van der Waals surface area contributed by atoms with Crippen LogP contribution in [0.1, 0.15) is 31.7 Å². The summed E-state index contributed by atoms with van der Waals surface area (Å²) in [6.45, 7) is 3.21. The summed E-state index contributed by atoms with van der Waals surface area (Å²) in [7, 11) is 1.57. The molecule has 1 aromatic rings. The zero-order valence-corrected chi connectivity index (χ0v) is 12.7. The van der Waals surface area contributed by atoms with Crippen molar-refractivity contribution >= 4 is 5.91 Å². The van der Waals surface area contributed by atoms with Crippen LogP contribution in [-0.4, -0.2) is 42.2 Å². The summed E-state index contributed by atoms with van der Waals surface area (Å²) in [6, 6.07) is 5.20. The van der Waals surface area contributed by atoms with Gasteiger partial charge < -0.3 is 19.5 Å². The molecular weight excluding hydrogens is 270 g/mol. The van der Waals surface area contributed by atoms with E-state index in [9.17, 15) is 9.90 Å². The quantitative estimate of drug-likeness (QED) is 0.901. The predicted molar refractivity (Wildman–Crippen MR) is 79.4 cm³/mol. The van der Waals surface area contributed by atoms with E-state index in [1.807, 2.05) is 4.90 Å². The lowest BCUT2D eigenvalue weighted by molar-refractivity contribution is -0.138. The largest absolute Gasteiger partial charge is 0.497 e. The van der Waals surface area contributed by atoms with Crippen molar-refractivity contribution in [2.24, 2.45) is 0 Å². The Hall–Kier alpha value is -1.75. The number of amides is 1. The number of hydrogen-bond acceptors (Lipinski definition) is 4. The van der Waals surface area contributed by atoms with E-state index >= 15 is 0 Å². The van der Waals surface area contributed by atoms with Crippen LogP contribution in [0.5, 0.6) is 11.5 Å². The van der Waals surface area contributed by atoms with E-state index in [4.69, 9.17) is 9.47 Å². The van der Waals surface area contributed by atoms with Gasteiger partial charge in [0.25, 0.3) is 5.91 Å². The molecule has 1 aliphatic rings. The number of piperidine rings is 1. The number of nitrogens with zero attached hydrogens (tertiary/aromatic N) is 1. The number of likely N-dealkylation sites (tertiary alicyclic amines) is 1. The summed E-state index contributed by atoms with van der Waals surface area (Å²) in [4.78, 5) is 14.2. The second-order valence-corrected chi connectivity index (χ2v) is 5.28. The number of carbonyl (C=O) groups is 1. The van der Waals surface area contributed by atoms with Gasteiger partial charge in [-0.15, -0.1) is 0 Å². The van der Waals surface area contributed by atoms with Crippen LogP contribution in [0, 0.1) is 0 Å². The van der Waals surface area contributed by atoms with E-state index in [0.717, 1.165) is 25.9 Å². The first-order valence-corrected chi connectivity index (χ1v) is 7.39. The topological polar surface area (TPSA) is 59.0 Å². The third-order valence-electron chi connectivity index (χ3n) is 3.76. The van der Waals surface area contributed by atoms with Crippen molar-refractivity contribution in [2.45, 2.75) is 38.9 Å². The molecule has 5 nitrogen and oxygen atoms in total. The van der Waals surface area contributed by atoms with Crippen LogP contribution < -0.4 is 9.47 Å². The molecule has 1 amide bonds. The number of aliphatic hydroxyl groups excluding tert-OH is 1. The third kappa shape index (κ3) is 3.88. The lowest BCUT2D eigenvalue weighted by Gasteiger charge is -2.29. The molecule has 1 atom stereocenters. The number of methoxy groups -OCH3 is 1. The zero-order chi connectivity index (χ0) is 15.2. The Kier molecular flexibility index (Phi) is 5.44. The fraction of sp³-hybridized carbons (Fsp3) is 0.562. The highest BCUT2D eigenvalue weighted by atomic mass is 16.5. The number of carbonyl (C=O) groups excluding carboxylic acids is 1. The maximum Gasteiger partial charge on any atom is 0.263 e. The maximum atomic E-state index is 12.3. The van der Waals surface area contributed by atoms with Crippen molar-refractivity contribution in [1.82, 2.24) is 4.90 Å². The Morgan fingerprint density at radius 1 is 1.33 bits per heavy atom. The number of aliphatic hydroxyl groups is 1. The van der Waals surface area contributed by atoms with Gasteiger partial charge in [-0.25, -0.2) is 0 Å². The Balaban J connectivity index is 2.04. The van der Waals surface area contributed by atoms with Gasteiger partial charge in [0, 0.05) is 18.7 Å². The first-order valence-electron chi connectivity index (χ1n) is 7.39. The molecule has 1 N–H and O–H groups in total. The summed E-state index contributed by atoms with van der Waals surface area (Å²) in [5.41, 5.74) is 0.618. The molecule has 0 aromatic heterocycles. The fourth-order valence-corrected chi connectivity index (χ4v) is 2.53. The highest BCUT2D eigenvalue weighted by Gasteiger charge is 2.24. The molecule has 116 valence electrons. The summed E-state index contributed by atoms with van der Waals surface area (Å²) in [5.74, 6) is 1.19. The van der Waals surface area contributed by atoms with Crippen molar-refractivity contribution in [3.05, 3.63) is 23.8 Å². The lowest BCUT2D eigenvalue weighted by atomic mass is 10.1. The average Bonchev–Trinajstić information content (AvgIpc) is 2.55. The highest BCUT2D eigenvalue weighted by Crippen LogP contribution is 2.25. The first kappa shape index (κ1) is 15.6. The van der Waals surface area contributed by atoms with Gasteiger partial charge in [-0.1, -0.05) is 0 Å². The van der Waals surface area contributed by atoms with Gasteiger partial charge in [0.1, 0.15) is 11.5 Å². The van der Waals surface area contributed by atoms with Crippen LogP contribution in [0.25, 0.3) is 0 Å². The SMILES string of the molecule is COc1ccc(OC(C)C(=O)N2CCCCC2)c(CO)c1. The van der Waals surface area contributed by atoms with Crippen molar-refractivity contribution in [3.8, 4) is 11.5 Å². The van der Waals surface area contributed by atoms with E-state index in [0.29, 0.717) is 17.1 Å². The van der Waals surface area contributed by atoms with E-state index < -0.39 is 6.10 Å². The molecule has 0 radical (unpaired) electrons. The number of benzene rings is 1. The van der Waals surface area contributed by atoms with Crippen molar-refractivity contribution in [1.29, 1.82) is 0 Å². The molecule has 5 heteroatoms. The second-order valence-electron chi connectivity index (χ2n) is 5.28. The van der Waals surface area contributed by atoms with Gasteiger partial charge in [-0.2, -0.15) is 0 Å². The Bertz CT molecular complexity index is 483. The van der Waals surface area contributed by atoms with Crippen LogP contribution >= 0.6 is 0 Å². The zero-order valence-electron chi connectivity index (χ0n) is 12.7. The fourth-order valence-electron chi connectivity index (χ4n) is 2.53. The molecule has 1 heterocycles. The molecule has 0 saturated carbocycles. The molecule has 1 aliphatic heterocycles. The van der Waals surface area contributed by atoms with Crippen LogP contribution in [0.15, 0.2) is 18.2 Å². The van der Waals surface area contributed by atoms with Crippen LogP contribution in [0.2, 0.25) is 0 Å². The van der Waals surface area contributed by atoms with Crippen LogP contribution in [0.4, 0.5) is 0 Å². The molecule has 0 aliphatic carbocycles. The highest BCUT2D eigenvalue weighted by molar-refractivity contribution is 5.81. The van der Waals surface area contributed by atoms with E-state index in [2.05, 4.69) is 0 Å². The molecule has 1 aromatic carbocycles. The van der Waals surface area contributed by atoms with Crippen molar-refractivity contribution < 1.29 is 19.4 Å². The Morgan fingerprint density at radius 3 is 2.67 bits per heavy atom. The molecule has 1 saturated heterocycles. The minimum Gasteiger partial charge on any atom is -0.497 e. The smallest absolute Gasteiger partial charge is 0.263 e. The summed E-state index contributed by atoms with van der Waals surface area (Å²) >= 11 is 0. The Labute approximate surface area is 125 Å². The molecular formula is C16H23NO4. The molecule has 21 heavy (non-hydrogen) atoms. The van der Waals surface area contributed by atoms with Crippen LogP contribution in [-0.2, 0) is 11.4 Å². The molecule has 2 rings (SSSR count). The van der Waals surface area contributed by atoms with E-state index in [1.54, 1.807) is 32.2 Å². The summed E-state index contributed by atoms with van der Waals surface area (Å²) in [6.07, 6.45) is 2.75. The van der Waals surface area contributed by atoms with Crippen LogP contribution in [0.3, 0.4) is 0 Å². The Morgan fingerprint density at radius 2 is 2.05 bits per heavy atom. The van der Waals surface area contributed by atoms with E-state index in [1.165, 1.54) is 6.42 Å². The first-order chi connectivity index (χ1) is 10.2.